The highest BCUT2D eigenvalue weighted by molar-refractivity contribution is 5.91. The van der Waals surface area contributed by atoms with Gasteiger partial charge < -0.3 is 10.5 Å². The first-order chi connectivity index (χ1) is 10.3. The lowest BCUT2D eigenvalue weighted by Gasteiger charge is -2.16. The van der Waals surface area contributed by atoms with E-state index < -0.39 is 0 Å². The van der Waals surface area contributed by atoms with Gasteiger partial charge in [-0.05, 0) is 66.6 Å². The number of ether oxygens (including phenoxy) is 1. The smallest absolute Gasteiger partial charge is 0.343 e. The average molecular weight is 281 g/mol. The predicted molar refractivity (Wildman–Crippen MR) is 82.4 cm³/mol. The Morgan fingerprint density at radius 3 is 2.43 bits per heavy atom. The van der Waals surface area contributed by atoms with Crippen LogP contribution < -0.4 is 10.5 Å². The maximum absolute atomic E-state index is 12.1. The number of aryl methyl sites for hydroxylation is 2. The number of rotatable bonds is 3. The van der Waals surface area contributed by atoms with Crippen LogP contribution >= 0.6 is 0 Å². The van der Waals surface area contributed by atoms with Crippen LogP contribution in [0.2, 0.25) is 0 Å². The molecule has 2 aromatic carbocycles. The highest BCUT2D eigenvalue weighted by atomic mass is 16.5. The summed E-state index contributed by atoms with van der Waals surface area (Å²) in [6.07, 6.45) is 4.67. The quantitative estimate of drug-likeness (QED) is 0.694. The van der Waals surface area contributed by atoms with Gasteiger partial charge in [-0.3, -0.25) is 0 Å². The lowest BCUT2D eigenvalue weighted by molar-refractivity contribution is 0.0734. The molecule has 0 aromatic heterocycles. The molecule has 0 saturated carbocycles. The molecule has 0 aliphatic heterocycles. The van der Waals surface area contributed by atoms with Crippen LogP contribution in [0.3, 0.4) is 0 Å². The molecule has 0 saturated heterocycles. The molecule has 3 nitrogen and oxygen atoms in total. The largest absolute Gasteiger partial charge is 0.423 e. The summed E-state index contributed by atoms with van der Waals surface area (Å²) in [5.74, 6) is 0.304. The number of carbonyl (C=O) groups is 1. The van der Waals surface area contributed by atoms with Crippen molar-refractivity contribution in [2.75, 3.05) is 0 Å². The fourth-order valence-electron chi connectivity index (χ4n) is 2.72. The van der Waals surface area contributed by atoms with Crippen LogP contribution in [0.4, 0.5) is 0 Å². The van der Waals surface area contributed by atoms with E-state index in [-0.39, 0.29) is 5.97 Å². The van der Waals surface area contributed by atoms with E-state index in [1.54, 1.807) is 12.1 Å². The van der Waals surface area contributed by atoms with Crippen LogP contribution in [0.15, 0.2) is 42.5 Å². The molecule has 0 fully saturated rings. The number of fused-ring (bicyclic) bond motifs is 1. The maximum atomic E-state index is 12.1. The van der Waals surface area contributed by atoms with Crippen LogP contribution in [0, 0.1) is 0 Å². The average Bonchev–Trinajstić information content (AvgIpc) is 2.55. The minimum atomic E-state index is -0.325. The summed E-state index contributed by atoms with van der Waals surface area (Å²) < 4.78 is 5.47. The van der Waals surface area contributed by atoms with Crippen molar-refractivity contribution in [2.45, 2.75) is 32.2 Å². The summed E-state index contributed by atoms with van der Waals surface area (Å²) in [6.45, 7) is 0.472. The lowest BCUT2D eigenvalue weighted by atomic mass is 9.92. The zero-order valence-electron chi connectivity index (χ0n) is 12.0. The Bertz CT molecular complexity index is 647. The van der Waals surface area contributed by atoms with Gasteiger partial charge in [0.05, 0.1) is 5.56 Å². The van der Waals surface area contributed by atoms with Crippen molar-refractivity contribution < 1.29 is 9.53 Å². The molecule has 3 heteroatoms. The van der Waals surface area contributed by atoms with Gasteiger partial charge in [-0.1, -0.05) is 18.2 Å². The van der Waals surface area contributed by atoms with E-state index in [0.29, 0.717) is 17.9 Å². The summed E-state index contributed by atoms with van der Waals surface area (Å²) in [6, 6.07) is 13.2. The van der Waals surface area contributed by atoms with E-state index in [4.69, 9.17) is 10.5 Å². The molecule has 1 aliphatic carbocycles. The van der Waals surface area contributed by atoms with Crippen molar-refractivity contribution in [3.8, 4) is 5.75 Å². The van der Waals surface area contributed by atoms with Gasteiger partial charge in [-0.2, -0.15) is 0 Å². The molecule has 1 aliphatic rings. The van der Waals surface area contributed by atoms with E-state index in [1.165, 1.54) is 24.0 Å². The van der Waals surface area contributed by atoms with Gasteiger partial charge >= 0.3 is 5.97 Å². The molecule has 0 amide bonds. The molecule has 0 atom stereocenters. The van der Waals surface area contributed by atoms with Gasteiger partial charge in [0, 0.05) is 6.54 Å². The van der Waals surface area contributed by atoms with Crippen molar-refractivity contribution in [3.05, 3.63) is 64.7 Å². The van der Waals surface area contributed by atoms with E-state index in [9.17, 15) is 4.79 Å². The van der Waals surface area contributed by atoms with E-state index in [2.05, 4.69) is 6.07 Å². The molecule has 2 aromatic rings. The molecule has 0 heterocycles. The first-order valence-corrected chi connectivity index (χ1v) is 7.39. The zero-order chi connectivity index (χ0) is 14.7. The normalized spacial score (nSPS) is 13.6. The zero-order valence-corrected chi connectivity index (χ0v) is 12.0. The summed E-state index contributed by atoms with van der Waals surface area (Å²) in [7, 11) is 0. The van der Waals surface area contributed by atoms with Crippen LogP contribution in [-0.2, 0) is 19.4 Å². The Kier molecular flexibility index (Phi) is 4.02. The highest BCUT2D eigenvalue weighted by Crippen LogP contribution is 2.25. The molecule has 0 radical (unpaired) electrons. The number of nitrogens with two attached hydrogens (primary N) is 1. The third-order valence-corrected chi connectivity index (χ3v) is 3.96. The Morgan fingerprint density at radius 1 is 1.00 bits per heavy atom. The van der Waals surface area contributed by atoms with Crippen molar-refractivity contribution in [1.29, 1.82) is 0 Å². The molecule has 0 bridgehead atoms. The number of carbonyl (C=O) groups excluding carboxylic acids is 1. The minimum absolute atomic E-state index is 0.325. The molecular weight excluding hydrogens is 262 g/mol. The van der Waals surface area contributed by atoms with Crippen LogP contribution in [0.1, 0.15) is 39.9 Å². The second-order valence-electron chi connectivity index (χ2n) is 5.43. The first kappa shape index (κ1) is 13.8. The molecule has 0 unspecified atom stereocenters. The first-order valence-electron chi connectivity index (χ1n) is 7.39. The Labute approximate surface area is 124 Å². The number of benzene rings is 2. The highest BCUT2D eigenvalue weighted by Gasteiger charge is 2.13. The van der Waals surface area contributed by atoms with Crippen LogP contribution in [0.5, 0.6) is 5.75 Å². The molecule has 0 spiro atoms. The number of hydrogen-bond donors (Lipinski definition) is 1. The third-order valence-electron chi connectivity index (χ3n) is 3.96. The summed E-state index contributed by atoms with van der Waals surface area (Å²) in [5, 5.41) is 0. The van der Waals surface area contributed by atoms with Gasteiger partial charge in [0.2, 0.25) is 0 Å². The Hall–Kier alpha value is -2.13. The second kappa shape index (κ2) is 6.10. The molecule has 3 rings (SSSR count). The van der Waals surface area contributed by atoms with Gasteiger partial charge in [0.25, 0.3) is 0 Å². The SMILES string of the molecule is NCc1ccc(C(=O)Oc2ccc3c(c2)CCCC3)cc1. The molecule has 2 N–H and O–H groups in total. The third kappa shape index (κ3) is 3.14. The fraction of sp³-hybridized carbons (Fsp3) is 0.278. The van der Waals surface area contributed by atoms with E-state index >= 15 is 0 Å². The van der Waals surface area contributed by atoms with Crippen molar-refractivity contribution in [1.82, 2.24) is 0 Å². The lowest BCUT2D eigenvalue weighted by Crippen LogP contribution is -2.10. The monoisotopic (exact) mass is 281 g/mol. The number of esters is 1. The van der Waals surface area contributed by atoms with Crippen molar-refractivity contribution >= 4 is 5.97 Å². The summed E-state index contributed by atoms with van der Waals surface area (Å²) in [5.41, 5.74) is 9.79. The Morgan fingerprint density at radius 2 is 1.71 bits per heavy atom. The van der Waals surface area contributed by atoms with E-state index in [1.807, 2.05) is 24.3 Å². The van der Waals surface area contributed by atoms with Gasteiger partial charge in [0.15, 0.2) is 0 Å². The van der Waals surface area contributed by atoms with Crippen molar-refractivity contribution in [2.24, 2.45) is 5.73 Å². The predicted octanol–water partition coefficient (Wildman–Crippen LogP) is 3.24. The number of hydrogen-bond acceptors (Lipinski definition) is 3. The molecule has 21 heavy (non-hydrogen) atoms. The maximum Gasteiger partial charge on any atom is 0.343 e. The van der Waals surface area contributed by atoms with Gasteiger partial charge in [0.1, 0.15) is 5.75 Å². The fourth-order valence-corrected chi connectivity index (χ4v) is 2.72. The summed E-state index contributed by atoms with van der Waals surface area (Å²) >= 11 is 0. The molecule has 108 valence electrons. The second-order valence-corrected chi connectivity index (χ2v) is 5.43. The van der Waals surface area contributed by atoms with Crippen molar-refractivity contribution in [3.63, 3.8) is 0 Å². The summed E-state index contributed by atoms with van der Waals surface area (Å²) in [4.78, 5) is 12.1. The molecular formula is C18H19NO2. The topological polar surface area (TPSA) is 52.3 Å². The van der Waals surface area contributed by atoms with Gasteiger partial charge in [-0.25, -0.2) is 4.79 Å². The van der Waals surface area contributed by atoms with Crippen LogP contribution in [0.25, 0.3) is 0 Å². The van der Waals surface area contributed by atoms with Crippen LogP contribution in [-0.4, -0.2) is 5.97 Å². The van der Waals surface area contributed by atoms with E-state index in [0.717, 1.165) is 18.4 Å². The van der Waals surface area contributed by atoms with Gasteiger partial charge in [-0.15, -0.1) is 0 Å². The Balaban J connectivity index is 1.74. The minimum Gasteiger partial charge on any atom is -0.423 e. The standard InChI is InChI=1S/C18H19NO2/c19-12-13-5-7-15(8-6-13)18(20)21-17-10-9-14-3-1-2-4-16(14)11-17/h5-11H,1-4,12,19H2.